The van der Waals surface area contributed by atoms with Gasteiger partial charge in [-0.15, -0.1) is 0 Å². The van der Waals surface area contributed by atoms with Gasteiger partial charge in [-0.3, -0.25) is 10.5 Å². The number of hydrazine groups is 1. The molecule has 1 aromatic heterocycles. The third-order valence-corrected chi connectivity index (χ3v) is 3.64. The molecular weight excluding hydrogens is 320 g/mol. The lowest BCUT2D eigenvalue weighted by molar-refractivity contribution is 0.401. The quantitative estimate of drug-likeness (QED) is 0.627. The Morgan fingerprint density at radius 2 is 2.25 bits per heavy atom. The van der Waals surface area contributed by atoms with Crippen LogP contribution in [0.3, 0.4) is 0 Å². The molecule has 0 aliphatic carbocycles. The predicted molar refractivity (Wildman–Crippen MR) is 82.4 cm³/mol. The second-order valence-electron chi connectivity index (χ2n) is 4.47. The van der Waals surface area contributed by atoms with Crippen molar-refractivity contribution in [3.05, 3.63) is 46.2 Å². The van der Waals surface area contributed by atoms with Gasteiger partial charge < -0.3 is 4.74 Å². The van der Waals surface area contributed by atoms with Crippen molar-refractivity contribution in [2.75, 3.05) is 7.11 Å². The van der Waals surface area contributed by atoms with Crippen LogP contribution in [0.2, 0.25) is 0 Å². The van der Waals surface area contributed by atoms with Crippen LogP contribution in [-0.4, -0.2) is 16.9 Å². The standard InChI is InChI=1S/C14H19BrN4O/c1-3-8-19-12(6-7-17-19)14(18-16)11-9-10(15)4-5-13(11)20-2/h4-7,9,14,18H,3,8,16H2,1-2H3. The zero-order valence-corrected chi connectivity index (χ0v) is 13.2. The van der Waals surface area contributed by atoms with Gasteiger partial charge in [-0.2, -0.15) is 5.10 Å². The van der Waals surface area contributed by atoms with E-state index >= 15 is 0 Å². The van der Waals surface area contributed by atoms with E-state index in [4.69, 9.17) is 10.6 Å². The molecule has 0 saturated heterocycles. The molecule has 0 spiro atoms. The fraction of sp³-hybridized carbons (Fsp3) is 0.357. The van der Waals surface area contributed by atoms with E-state index in [9.17, 15) is 0 Å². The highest BCUT2D eigenvalue weighted by Crippen LogP contribution is 2.32. The first kappa shape index (κ1) is 15.0. The number of methoxy groups -OCH3 is 1. The van der Waals surface area contributed by atoms with Gasteiger partial charge >= 0.3 is 0 Å². The molecule has 0 aliphatic heterocycles. The minimum Gasteiger partial charge on any atom is -0.496 e. The maximum absolute atomic E-state index is 5.77. The maximum atomic E-state index is 5.77. The minimum absolute atomic E-state index is 0.170. The highest BCUT2D eigenvalue weighted by Gasteiger charge is 2.20. The first-order valence-corrected chi connectivity index (χ1v) is 7.31. The number of ether oxygens (including phenoxy) is 1. The summed E-state index contributed by atoms with van der Waals surface area (Å²) in [5.41, 5.74) is 4.85. The molecule has 0 bridgehead atoms. The van der Waals surface area contributed by atoms with Crippen molar-refractivity contribution in [2.45, 2.75) is 25.9 Å². The van der Waals surface area contributed by atoms with Crippen molar-refractivity contribution < 1.29 is 4.74 Å². The number of hydrogen-bond donors (Lipinski definition) is 2. The average molecular weight is 339 g/mol. The molecule has 0 fully saturated rings. The van der Waals surface area contributed by atoms with Gasteiger partial charge in [0.15, 0.2) is 0 Å². The zero-order chi connectivity index (χ0) is 14.5. The molecule has 1 unspecified atom stereocenters. The molecule has 1 aromatic carbocycles. The molecule has 0 amide bonds. The van der Waals surface area contributed by atoms with Gasteiger partial charge in [-0.25, -0.2) is 5.43 Å². The van der Waals surface area contributed by atoms with Gasteiger partial charge in [-0.05, 0) is 30.7 Å². The third-order valence-electron chi connectivity index (χ3n) is 3.15. The molecule has 6 heteroatoms. The molecule has 2 aromatic rings. The first-order chi connectivity index (χ1) is 9.71. The number of nitrogens with one attached hydrogen (secondary N) is 1. The summed E-state index contributed by atoms with van der Waals surface area (Å²) in [5.74, 6) is 6.56. The molecule has 1 heterocycles. The number of nitrogens with zero attached hydrogens (tertiary/aromatic N) is 2. The van der Waals surface area contributed by atoms with Crippen LogP contribution in [0.1, 0.15) is 30.6 Å². The van der Waals surface area contributed by atoms with E-state index in [1.807, 2.05) is 28.9 Å². The summed E-state index contributed by atoms with van der Waals surface area (Å²) < 4.78 is 8.38. The van der Waals surface area contributed by atoms with E-state index in [-0.39, 0.29) is 6.04 Å². The van der Waals surface area contributed by atoms with Crippen LogP contribution in [0.4, 0.5) is 0 Å². The zero-order valence-electron chi connectivity index (χ0n) is 11.6. The number of hydrogen-bond acceptors (Lipinski definition) is 4. The molecule has 0 radical (unpaired) electrons. The predicted octanol–water partition coefficient (Wildman–Crippen LogP) is 2.62. The average Bonchev–Trinajstić information content (AvgIpc) is 2.89. The molecule has 1 atom stereocenters. The van der Waals surface area contributed by atoms with Gasteiger partial charge in [0, 0.05) is 22.8 Å². The van der Waals surface area contributed by atoms with Crippen LogP contribution < -0.4 is 16.0 Å². The summed E-state index contributed by atoms with van der Waals surface area (Å²) in [6.07, 6.45) is 2.81. The Kier molecular flexibility index (Phi) is 5.17. The first-order valence-electron chi connectivity index (χ1n) is 6.52. The Bertz CT molecular complexity index is 570. The molecule has 0 saturated carbocycles. The summed E-state index contributed by atoms with van der Waals surface area (Å²) in [6, 6.07) is 7.67. The van der Waals surface area contributed by atoms with E-state index in [0.29, 0.717) is 0 Å². The van der Waals surface area contributed by atoms with Crippen molar-refractivity contribution >= 4 is 15.9 Å². The van der Waals surface area contributed by atoms with Crippen LogP contribution in [0.25, 0.3) is 0 Å². The topological polar surface area (TPSA) is 65.1 Å². The number of aryl methyl sites for hydroxylation is 1. The molecule has 108 valence electrons. The van der Waals surface area contributed by atoms with Crippen LogP contribution in [-0.2, 0) is 6.54 Å². The third kappa shape index (κ3) is 3.03. The van der Waals surface area contributed by atoms with E-state index in [1.165, 1.54) is 0 Å². The second-order valence-corrected chi connectivity index (χ2v) is 5.38. The highest BCUT2D eigenvalue weighted by molar-refractivity contribution is 9.10. The van der Waals surface area contributed by atoms with Crippen molar-refractivity contribution in [3.8, 4) is 5.75 Å². The molecular formula is C14H19BrN4O. The Hall–Kier alpha value is -1.37. The van der Waals surface area contributed by atoms with E-state index in [1.54, 1.807) is 13.3 Å². The summed E-state index contributed by atoms with van der Waals surface area (Å²) >= 11 is 3.49. The summed E-state index contributed by atoms with van der Waals surface area (Å²) in [6.45, 7) is 2.98. The fourth-order valence-electron chi connectivity index (χ4n) is 2.25. The minimum atomic E-state index is -0.170. The summed E-state index contributed by atoms with van der Waals surface area (Å²) in [7, 11) is 1.66. The lowest BCUT2D eigenvalue weighted by Crippen LogP contribution is -2.31. The van der Waals surface area contributed by atoms with Crippen molar-refractivity contribution in [1.29, 1.82) is 0 Å². The normalized spacial score (nSPS) is 12.4. The Morgan fingerprint density at radius 3 is 2.90 bits per heavy atom. The van der Waals surface area contributed by atoms with Crippen molar-refractivity contribution in [3.63, 3.8) is 0 Å². The number of rotatable bonds is 6. The molecule has 3 N–H and O–H groups in total. The van der Waals surface area contributed by atoms with E-state index in [2.05, 4.69) is 33.4 Å². The lowest BCUT2D eigenvalue weighted by atomic mass is 10.0. The molecule has 0 aliphatic rings. The number of nitrogens with two attached hydrogens (primary N) is 1. The summed E-state index contributed by atoms with van der Waals surface area (Å²) in [5, 5.41) is 4.35. The Balaban J connectivity index is 2.46. The highest BCUT2D eigenvalue weighted by atomic mass is 79.9. The summed E-state index contributed by atoms with van der Waals surface area (Å²) in [4.78, 5) is 0. The van der Waals surface area contributed by atoms with Gasteiger partial charge in [0.1, 0.15) is 5.75 Å². The van der Waals surface area contributed by atoms with Gasteiger partial charge in [0.05, 0.1) is 18.8 Å². The number of benzene rings is 1. The molecule has 2 rings (SSSR count). The van der Waals surface area contributed by atoms with Crippen molar-refractivity contribution in [1.82, 2.24) is 15.2 Å². The van der Waals surface area contributed by atoms with E-state index in [0.717, 1.165) is 34.4 Å². The largest absolute Gasteiger partial charge is 0.496 e. The number of aromatic nitrogens is 2. The fourth-order valence-corrected chi connectivity index (χ4v) is 2.63. The lowest BCUT2D eigenvalue weighted by Gasteiger charge is -2.20. The Labute approximate surface area is 127 Å². The van der Waals surface area contributed by atoms with Crippen LogP contribution >= 0.6 is 15.9 Å². The monoisotopic (exact) mass is 338 g/mol. The maximum Gasteiger partial charge on any atom is 0.124 e. The molecule has 5 nitrogen and oxygen atoms in total. The second kappa shape index (κ2) is 6.88. The Morgan fingerprint density at radius 1 is 1.45 bits per heavy atom. The van der Waals surface area contributed by atoms with Gasteiger partial charge in [0.2, 0.25) is 0 Å². The van der Waals surface area contributed by atoms with Crippen LogP contribution in [0, 0.1) is 0 Å². The molecule has 20 heavy (non-hydrogen) atoms. The van der Waals surface area contributed by atoms with Gasteiger partial charge in [0.25, 0.3) is 0 Å². The smallest absolute Gasteiger partial charge is 0.124 e. The van der Waals surface area contributed by atoms with Crippen LogP contribution in [0.15, 0.2) is 34.9 Å². The van der Waals surface area contributed by atoms with E-state index < -0.39 is 0 Å². The van der Waals surface area contributed by atoms with Gasteiger partial charge in [-0.1, -0.05) is 22.9 Å². The SMILES string of the molecule is CCCn1nccc1C(NN)c1cc(Br)ccc1OC. The number of halogens is 1. The van der Waals surface area contributed by atoms with Crippen molar-refractivity contribution in [2.24, 2.45) is 5.84 Å². The van der Waals surface area contributed by atoms with Crippen LogP contribution in [0.5, 0.6) is 5.75 Å².